The molecule has 1 saturated heterocycles. The third-order valence-electron chi connectivity index (χ3n) is 6.51. The van der Waals surface area contributed by atoms with Gasteiger partial charge in [-0.15, -0.1) is 0 Å². The molecule has 178 valence electrons. The number of hydrogen-bond acceptors (Lipinski definition) is 3. The van der Waals surface area contributed by atoms with Gasteiger partial charge in [-0.1, -0.05) is 60.7 Å². The van der Waals surface area contributed by atoms with Gasteiger partial charge in [0.1, 0.15) is 5.69 Å². The minimum Gasteiger partial charge on any atom is -0.324 e. The monoisotopic (exact) mass is 469 g/mol. The molecule has 0 atom stereocenters. The first-order valence-corrected chi connectivity index (χ1v) is 11.7. The van der Waals surface area contributed by atoms with E-state index < -0.39 is 0 Å². The summed E-state index contributed by atoms with van der Waals surface area (Å²) in [7, 11) is 1.67. The predicted octanol–water partition coefficient (Wildman–Crippen LogP) is 4.08. The highest BCUT2D eigenvalue weighted by Gasteiger charge is 2.26. The van der Waals surface area contributed by atoms with Gasteiger partial charge in [0.15, 0.2) is 0 Å². The number of amides is 2. The number of anilines is 1. The lowest BCUT2D eigenvalue weighted by Crippen LogP contribution is -2.43. The third-order valence-corrected chi connectivity index (χ3v) is 6.51. The molecule has 8 nitrogen and oxygen atoms in total. The van der Waals surface area contributed by atoms with Crippen LogP contribution in [-0.2, 0) is 7.05 Å². The Balaban J connectivity index is 1.27. The number of pyridine rings is 1. The summed E-state index contributed by atoms with van der Waals surface area (Å²) in [4.78, 5) is 42.8. The fourth-order valence-electron chi connectivity index (χ4n) is 4.58. The van der Waals surface area contributed by atoms with Gasteiger partial charge >= 0.3 is 11.7 Å². The highest BCUT2D eigenvalue weighted by atomic mass is 16.2. The van der Waals surface area contributed by atoms with Crippen molar-refractivity contribution in [1.82, 2.24) is 19.0 Å². The number of piperidine rings is 1. The van der Waals surface area contributed by atoms with Gasteiger partial charge in [-0.05, 0) is 30.0 Å². The molecule has 2 aromatic heterocycles. The molecule has 5 rings (SSSR count). The third kappa shape index (κ3) is 4.68. The van der Waals surface area contributed by atoms with Gasteiger partial charge in [0, 0.05) is 44.1 Å². The van der Waals surface area contributed by atoms with Crippen molar-refractivity contribution in [3.8, 4) is 22.4 Å². The topological polar surface area (TPSA) is 92.1 Å². The van der Waals surface area contributed by atoms with Gasteiger partial charge in [-0.25, -0.2) is 9.59 Å². The second-order valence-corrected chi connectivity index (χ2v) is 8.82. The lowest BCUT2D eigenvalue weighted by Gasteiger charge is -2.32. The van der Waals surface area contributed by atoms with E-state index in [1.807, 2.05) is 66.9 Å². The molecule has 3 heterocycles. The van der Waals surface area contributed by atoms with E-state index in [0.717, 1.165) is 22.4 Å². The Kier molecular flexibility index (Phi) is 6.10. The molecule has 1 aliphatic heterocycles. The van der Waals surface area contributed by atoms with Crippen LogP contribution in [0, 0.1) is 0 Å². The average molecular weight is 470 g/mol. The van der Waals surface area contributed by atoms with Crippen molar-refractivity contribution < 1.29 is 4.79 Å². The van der Waals surface area contributed by atoms with Crippen molar-refractivity contribution in [3.63, 3.8) is 0 Å². The van der Waals surface area contributed by atoms with Crippen LogP contribution in [0.2, 0.25) is 0 Å². The molecule has 8 heteroatoms. The summed E-state index contributed by atoms with van der Waals surface area (Å²) in [6.07, 6.45) is 4.93. The number of likely N-dealkylation sites (tertiary alicyclic amines) is 1. The largest absolute Gasteiger partial charge is 0.326 e. The van der Waals surface area contributed by atoms with Gasteiger partial charge in [-0.2, -0.15) is 0 Å². The molecule has 0 aliphatic carbocycles. The Morgan fingerprint density at radius 2 is 1.51 bits per heavy atom. The van der Waals surface area contributed by atoms with Crippen LogP contribution < -0.4 is 16.6 Å². The first-order chi connectivity index (χ1) is 17.0. The quantitative estimate of drug-likeness (QED) is 0.472. The van der Waals surface area contributed by atoms with Gasteiger partial charge in [0.25, 0.3) is 5.56 Å². The maximum absolute atomic E-state index is 13.0. The minimum atomic E-state index is -0.308. The summed E-state index contributed by atoms with van der Waals surface area (Å²) in [5.41, 5.74) is 3.39. The first kappa shape index (κ1) is 22.5. The first-order valence-electron chi connectivity index (χ1n) is 11.7. The normalized spacial score (nSPS) is 14.1. The van der Waals surface area contributed by atoms with Crippen LogP contribution in [-0.4, -0.2) is 38.1 Å². The predicted molar refractivity (Wildman–Crippen MR) is 136 cm³/mol. The van der Waals surface area contributed by atoms with Crippen LogP contribution in [0.4, 0.5) is 10.5 Å². The molecule has 0 bridgehead atoms. The summed E-state index contributed by atoms with van der Waals surface area (Å²) in [5, 5.41) is 2.80. The number of aryl methyl sites for hydroxylation is 1. The number of aromatic amines is 1. The molecule has 2 aromatic carbocycles. The molecule has 0 unspecified atom stereocenters. The Morgan fingerprint density at radius 3 is 2.17 bits per heavy atom. The number of carbonyl (C=O) groups is 1. The van der Waals surface area contributed by atoms with Crippen molar-refractivity contribution in [2.75, 3.05) is 18.4 Å². The molecule has 2 amide bonds. The van der Waals surface area contributed by atoms with E-state index in [4.69, 9.17) is 0 Å². The van der Waals surface area contributed by atoms with E-state index in [0.29, 0.717) is 25.9 Å². The van der Waals surface area contributed by atoms with E-state index in [1.54, 1.807) is 28.8 Å². The summed E-state index contributed by atoms with van der Waals surface area (Å²) in [6.45, 7) is 0.987. The summed E-state index contributed by atoms with van der Waals surface area (Å²) in [6, 6.07) is 20.9. The van der Waals surface area contributed by atoms with Crippen LogP contribution in [0.5, 0.6) is 0 Å². The number of hydrogen-bond donors (Lipinski definition) is 2. The molecule has 1 aliphatic rings. The van der Waals surface area contributed by atoms with Gasteiger partial charge in [0.2, 0.25) is 0 Å². The smallest absolute Gasteiger partial charge is 0.324 e. The van der Waals surface area contributed by atoms with Crippen LogP contribution >= 0.6 is 0 Å². The summed E-state index contributed by atoms with van der Waals surface area (Å²) >= 11 is 0. The Labute approximate surface area is 202 Å². The molecular formula is C27H27N5O3. The van der Waals surface area contributed by atoms with Crippen molar-refractivity contribution in [3.05, 3.63) is 100.0 Å². The van der Waals surface area contributed by atoms with Gasteiger partial charge in [0.05, 0.1) is 5.69 Å². The maximum Gasteiger partial charge on any atom is 0.326 e. The van der Waals surface area contributed by atoms with E-state index in [2.05, 4.69) is 10.3 Å². The second-order valence-electron chi connectivity index (χ2n) is 8.82. The number of aromatic nitrogens is 3. The summed E-state index contributed by atoms with van der Waals surface area (Å²) in [5.74, 6) is 0. The van der Waals surface area contributed by atoms with Crippen LogP contribution in [0.1, 0.15) is 18.9 Å². The fraction of sp³-hybridized carbons (Fsp3) is 0.222. The fourth-order valence-corrected chi connectivity index (χ4v) is 4.58. The Hall–Kier alpha value is -4.33. The van der Waals surface area contributed by atoms with E-state index in [1.165, 1.54) is 4.57 Å². The number of carbonyl (C=O) groups excluding carboxylic acids is 1. The number of benzene rings is 2. The molecular weight excluding hydrogens is 442 g/mol. The molecule has 0 saturated carbocycles. The number of rotatable bonds is 4. The highest BCUT2D eigenvalue weighted by molar-refractivity contribution is 5.90. The highest BCUT2D eigenvalue weighted by Crippen LogP contribution is 2.25. The molecule has 2 N–H and O–H groups in total. The zero-order valence-electron chi connectivity index (χ0n) is 19.5. The van der Waals surface area contributed by atoms with E-state index in [-0.39, 0.29) is 29.0 Å². The molecule has 4 aromatic rings. The number of nitrogens with zero attached hydrogens (tertiary/aromatic N) is 3. The van der Waals surface area contributed by atoms with E-state index >= 15 is 0 Å². The zero-order chi connectivity index (χ0) is 24.4. The van der Waals surface area contributed by atoms with Crippen molar-refractivity contribution in [2.45, 2.75) is 18.9 Å². The maximum atomic E-state index is 13.0. The van der Waals surface area contributed by atoms with Crippen molar-refractivity contribution >= 4 is 11.7 Å². The zero-order valence-corrected chi connectivity index (χ0v) is 19.5. The van der Waals surface area contributed by atoms with Crippen LogP contribution in [0.15, 0.2) is 88.7 Å². The molecule has 0 spiro atoms. The molecule has 1 fully saturated rings. The average Bonchev–Trinajstić information content (AvgIpc) is 3.29. The van der Waals surface area contributed by atoms with E-state index in [9.17, 15) is 14.4 Å². The summed E-state index contributed by atoms with van der Waals surface area (Å²) < 4.78 is 3.21. The second kappa shape index (κ2) is 9.50. The number of imidazole rings is 1. The lowest BCUT2D eigenvalue weighted by molar-refractivity contribution is 0.183. The van der Waals surface area contributed by atoms with Crippen LogP contribution in [0.3, 0.4) is 0 Å². The van der Waals surface area contributed by atoms with Gasteiger partial charge < -0.3 is 19.8 Å². The van der Waals surface area contributed by atoms with Crippen LogP contribution in [0.25, 0.3) is 22.4 Å². The van der Waals surface area contributed by atoms with Crippen molar-refractivity contribution in [2.24, 2.45) is 7.05 Å². The minimum absolute atomic E-state index is 0.00883. The number of urea groups is 1. The lowest BCUT2D eigenvalue weighted by atomic mass is 10.1. The van der Waals surface area contributed by atoms with Crippen molar-refractivity contribution in [1.29, 1.82) is 0 Å². The van der Waals surface area contributed by atoms with Gasteiger partial charge in [-0.3, -0.25) is 9.36 Å². The molecule has 0 radical (unpaired) electrons. The Bertz CT molecular complexity index is 1450. The molecule has 35 heavy (non-hydrogen) atoms. The standard InChI is InChI=1S/C27H27N5O3/c1-30-17-21(19-8-4-2-5-9-19)16-23(25(30)33)28-26(34)31-14-12-22(13-15-31)32-18-24(29-27(32)35)20-10-6-3-7-11-20/h2-11,16-18,22H,12-15H2,1H3,(H,28,34)(H,29,35). The number of H-pyrrole nitrogens is 1. The SMILES string of the molecule is Cn1cc(-c2ccccc2)cc(NC(=O)N2CCC(n3cc(-c4ccccc4)[nH]c3=O)CC2)c1=O. The Morgan fingerprint density at radius 1 is 0.886 bits per heavy atom. The number of nitrogens with one attached hydrogen (secondary N) is 2.